The molecule has 3 rings (SSSR count). The van der Waals surface area contributed by atoms with E-state index in [0.717, 1.165) is 21.8 Å². The van der Waals surface area contributed by atoms with Crippen LogP contribution in [0, 0.1) is 11.3 Å². The Kier molecular flexibility index (Phi) is 7.16. The number of benzene rings is 3. The topological polar surface area (TPSA) is 70.3 Å². The lowest BCUT2D eigenvalue weighted by molar-refractivity contribution is 0.101. The summed E-state index contributed by atoms with van der Waals surface area (Å²) >= 11 is 1.55. The van der Waals surface area contributed by atoms with Gasteiger partial charge in [0.2, 0.25) is 0 Å². The molecule has 0 saturated heterocycles. The fourth-order valence-electron chi connectivity index (χ4n) is 3.12. The fourth-order valence-corrected chi connectivity index (χ4v) is 4.01. The molecule has 0 aliphatic heterocycles. The number of nitriles is 1. The second-order valence-corrected chi connectivity index (χ2v) is 8.00. The van der Waals surface area contributed by atoms with Gasteiger partial charge in [-0.1, -0.05) is 49.4 Å². The summed E-state index contributed by atoms with van der Waals surface area (Å²) in [5.41, 5.74) is 2.65. The third-order valence-corrected chi connectivity index (χ3v) is 5.76. The molecule has 3 aromatic rings. The van der Waals surface area contributed by atoms with E-state index >= 15 is 0 Å². The van der Waals surface area contributed by atoms with Gasteiger partial charge in [0.05, 0.1) is 11.1 Å². The summed E-state index contributed by atoms with van der Waals surface area (Å²) < 4.78 is 5.96. The van der Waals surface area contributed by atoms with E-state index in [1.165, 1.54) is 6.92 Å². The lowest BCUT2D eigenvalue weighted by Crippen LogP contribution is -2.02. The first-order chi connectivity index (χ1) is 14.5. The molecule has 0 atom stereocenters. The van der Waals surface area contributed by atoms with Crippen molar-refractivity contribution >= 4 is 17.5 Å². The highest BCUT2D eigenvalue weighted by Crippen LogP contribution is 2.34. The Morgan fingerprint density at radius 2 is 1.83 bits per heavy atom. The second kappa shape index (κ2) is 10.00. The molecule has 0 aromatic heterocycles. The maximum Gasteiger partial charge on any atom is 0.163 e. The molecule has 152 valence electrons. The molecule has 0 aliphatic carbocycles. The maximum absolute atomic E-state index is 11.7. The van der Waals surface area contributed by atoms with Crippen molar-refractivity contribution in [2.45, 2.75) is 43.1 Å². The number of carbonyl (C=O) groups is 1. The van der Waals surface area contributed by atoms with E-state index in [9.17, 15) is 15.2 Å². The Bertz CT molecular complexity index is 1080. The van der Waals surface area contributed by atoms with Gasteiger partial charge >= 0.3 is 0 Å². The Balaban J connectivity index is 1.72. The van der Waals surface area contributed by atoms with Crippen LogP contribution in [0.5, 0.6) is 11.5 Å². The average molecular weight is 418 g/mol. The van der Waals surface area contributed by atoms with Crippen LogP contribution < -0.4 is 4.74 Å². The van der Waals surface area contributed by atoms with Crippen LogP contribution in [-0.2, 0) is 13.0 Å². The van der Waals surface area contributed by atoms with Gasteiger partial charge in [0.25, 0.3) is 0 Å². The number of hydrogen-bond donors (Lipinski definition) is 1. The number of rotatable bonds is 8. The van der Waals surface area contributed by atoms with Crippen LogP contribution >= 0.6 is 11.8 Å². The maximum atomic E-state index is 11.7. The minimum atomic E-state index is -0.164. The lowest BCUT2D eigenvalue weighted by Gasteiger charge is -2.15. The molecule has 0 spiro atoms. The Labute approximate surface area is 181 Å². The number of Topliss-reactive ketones (excluding diaryl/α,β-unsaturated/α-hetero) is 1. The molecule has 0 heterocycles. The smallest absolute Gasteiger partial charge is 0.163 e. The van der Waals surface area contributed by atoms with Gasteiger partial charge in [-0.3, -0.25) is 4.79 Å². The van der Waals surface area contributed by atoms with Crippen molar-refractivity contribution in [2.24, 2.45) is 0 Å². The van der Waals surface area contributed by atoms with E-state index in [1.807, 2.05) is 55.5 Å². The minimum absolute atomic E-state index is 0.0183. The molecule has 0 bridgehead atoms. The van der Waals surface area contributed by atoms with Gasteiger partial charge in [-0.15, -0.1) is 0 Å². The van der Waals surface area contributed by atoms with Gasteiger partial charge in [-0.05, 0) is 55.3 Å². The van der Waals surface area contributed by atoms with Gasteiger partial charge in [-0.2, -0.15) is 5.26 Å². The standard InChI is InChI=1S/C25H23NO3S/c1-3-6-22-23(14-13-21(17(2)27)25(22)28)29-16-18-9-11-20(12-10-18)30-24-8-5-4-7-19(24)15-26/h4-5,7-14,28H,3,6,16H2,1-2H3. The van der Waals surface area contributed by atoms with E-state index in [4.69, 9.17) is 4.74 Å². The van der Waals surface area contributed by atoms with E-state index in [2.05, 4.69) is 6.07 Å². The van der Waals surface area contributed by atoms with Crippen molar-refractivity contribution in [2.75, 3.05) is 0 Å². The molecule has 0 radical (unpaired) electrons. The lowest BCUT2D eigenvalue weighted by atomic mass is 10.0. The van der Waals surface area contributed by atoms with Crippen LogP contribution in [0.2, 0.25) is 0 Å². The third-order valence-electron chi connectivity index (χ3n) is 4.67. The number of ether oxygens (including phenoxy) is 1. The molecular formula is C25H23NO3S. The normalized spacial score (nSPS) is 10.4. The average Bonchev–Trinajstić information content (AvgIpc) is 2.75. The molecule has 0 unspecified atom stereocenters. The number of carbonyl (C=O) groups excluding carboxylic acids is 1. The minimum Gasteiger partial charge on any atom is -0.507 e. The number of phenolic OH excluding ortho intramolecular Hbond substituents is 1. The number of phenols is 1. The van der Waals surface area contributed by atoms with Gasteiger partial charge in [0.1, 0.15) is 24.2 Å². The van der Waals surface area contributed by atoms with Gasteiger partial charge in [-0.25, -0.2) is 0 Å². The molecular weight excluding hydrogens is 394 g/mol. The highest BCUT2D eigenvalue weighted by molar-refractivity contribution is 7.99. The van der Waals surface area contributed by atoms with Crippen molar-refractivity contribution in [1.82, 2.24) is 0 Å². The van der Waals surface area contributed by atoms with Crippen LogP contribution in [0.3, 0.4) is 0 Å². The molecule has 30 heavy (non-hydrogen) atoms. The van der Waals surface area contributed by atoms with Crippen molar-refractivity contribution in [3.05, 3.63) is 82.9 Å². The van der Waals surface area contributed by atoms with Crippen LogP contribution in [0.15, 0.2) is 70.5 Å². The molecule has 0 saturated carbocycles. The van der Waals surface area contributed by atoms with Crippen LogP contribution in [0.1, 0.15) is 47.3 Å². The quantitative estimate of drug-likeness (QED) is 0.445. The van der Waals surface area contributed by atoms with E-state index in [1.54, 1.807) is 23.9 Å². The Morgan fingerprint density at radius 1 is 1.10 bits per heavy atom. The number of aromatic hydroxyl groups is 1. The monoisotopic (exact) mass is 417 g/mol. The predicted molar refractivity (Wildman–Crippen MR) is 118 cm³/mol. The largest absolute Gasteiger partial charge is 0.507 e. The Morgan fingerprint density at radius 3 is 2.50 bits per heavy atom. The summed E-state index contributed by atoms with van der Waals surface area (Å²) in [6.07, 6.45) is 1.47. The predicted octanol–water partition coefficient (Wildman–Crippen LogP) is 6.15. The molecule has 0 fully saturated rings. The zero-order valence-corrected chi connectivity index (χ0v) is 17.8. The van der Waals surface area contributed by atoms with E-state index in [-0.39, 0.29) is 11.5 Å². The zero-order valence-electron chi connectivity index (χ0n) is 17.0. The van der Waals surface area contributed by atoms with Gasteiger partial charge < -0.3 is 9.84 Å². The molecule has 1 N–H and O–H groups in total. The molecule has 4 nitrogen and oxygen atoms in total. The van der Waals surface area contributed by atoms with Crippen molar-refractivity contribution in [1.29, 1.82) is 5.26 Å². The van der Waals surface area contributed by atoms with Crippen LogP contribution in [-0.4, -0.2) is 10.9 Å². The van der Waals surface area contributed by atoms with Gasteiger partial charge in [0, 0.05) is 15.4 Å². The summed E-state index contributed by atoms with van der Waals surface area (Å²) in [4.78, 5) is 13.7. The first kappa shape index (κ1) is 21.5. The molecule has 5 heteroatoms. The first-order valence-electron chi connectivity index (χ1n) is 9.78. The summed E-state index contributed by atoms with van der Waals surface area (Å²) in [5, 5.41) is 19.7. The second-order valence-electron chi connectivity index (χ2n) is 6.89. The summed E-state index contributed by atoms with van der Waals surface area (Å²) in [7, 11) is 0. The van der Waals surface area contributed by atoms with Crippen LogP contribution in [0.25, 0.3) is 0 Å². The zero-order chi connectivity index (χ0) is 21.5. The van der Waals surface area contributed by atoms with Gasteiger partial charge in [0.15, 0.2) is 5.78 Å². The Hall–Kier alpha value is -3.23. The van der Waals surface area contributed by atoms with E-state index in [0.29, 0.717) is 35.5 Å². The highest BCUT2D eigenvalue weighted by atomic mass is 32.2. The van der Waals surface area contributed by atoms with E-state index < -0.39 is 0 Å². The summed E-state index contributed by atoms with van der Waals surface area (Å²) in [5.74, 6) is 0.452. The van der Waals surface area contributed by atoms with Crippen molar-refractivity contribution < 1.29 is 14.6 Å². The SMILES string of the molecule is CCCc1c(OCc2ccc(Sc3ccccc3C#N)cc2)ccc(C(C)=O)c1O. The molecule has 0 aliphatic rings. The highest BCUT2D eigenvalue weighted by Gasteiger charge is 2.16. The van der Waals surface area contributed by atoms with Crippen molar-refractivity contribution in [3.8, 4) is 17.6 Å². The fraction of sp³-hybridized carbons (Fsp3) is 0.200. The third kappa shape index (κ3) is 5.03. The number of ketones is 1. The molecule has 0 amide bonds. The van der Waals surface area contributed by atoms with Crippen LogP contribution in [0.4, 0.5) is 0 Å². The summed E-state index contributed by atoms with van der Waals surface area (Å²) in [6, 6.07) is 21.1. The molecule has 3 aromatic carbocycles. The first-order valence-corrected chi connectivity index (χ1v) is 10.6. The summed E-state index contributed by atoms with van der Waals surface area (Å²) in [6.45, 7) is 3.82. The number of nitrogens with zero attached hydrogens (tertiary/aromatic N) is 1. The number of hydrogen-bond acceptors (Lipinski definition) is 5. The van der Waals surface area contributed by atoms with Crippen molar-refractivity contribution in [3.63, 3.8) is 0 Å².